The topological polar surface area (TPSA) is 35.2 Å². The van der Waals surface area contributed by atoms with Gasteiger partial charge in [0.05, 0.1) is 15.2 Å². The molecule has 0 atom stereocenters. The van der Waals surface area contributed by atoms with Crippen LogP contribution in [0.5, 0.6) is 0 Å². The fourth-order valence-electron chi connectivity index (χ4n) is 1.38. The highest BCUT2D eigenvalue weighted by atomic mass is 28.2. The largest absolute Gasteiger partial charge is 0.377 e. The van der Waals surface area contributed by atoms with Gasteiger partial charge < -0.3 is 10.5 Å². The van der Waals surface area contributed by atoms with E-state index < -0.39 is 0 Å². The summed E-state index contributed by atoms with van der Waals surface area (Å²) < 4.78 is 5.56. The first-order valence-corrected chi connectivity index (χ1v) is 6.32. The van der Waals surface area contributed by atoms with Crippen LogP contribution < -0.4 is 5.73 Å². The quantitative estimate of drug-likeness (QED) is 0.498. The lowest BCUT2D eigenvalue weighted by atomic mass is 10.2. The van der Waals surface area contributed by atoms with E-state index in [1.165, 1.54) is 37.5 Å². The van der Waals surface area contributed by atoms with Crippen LogP contribution in [0.25, 0.3) is 0 Å². The van der Waals surface area contributed by atoms with Crippen molar-refractivity contribution in [3.63, 3.8) is 0 Å². The second-order valence-electron chi connectivity index (χ2n) is 3.09. The molecule has 0 bridgehead atoms. The van der Waals surface area contributed by atoms with Crippen molar-refractivity contribution in [1.29, 1.82) is 0 Å². The summed E-state index contributed by atoms with van der Waals surface area (Å²) in [5, 5.41) is 0. The molecule has 11 heavy (non-hydrogen) atoms. The van der Waals surface area contributed by atoms with Gasteiger partial charge in [0, 0.05) is 6.61 Å². The molecule has 1 radical (unpaired) electrons. The van der Waals surface area contributed by atoms with Gasteiger partial charge in [-0.05, 0) is 32.2 Å². The van der Waals surface area contributed by atoms with Crippen LogP contribution in [0.4, 0.5) is 0 Å². The van der Waals surface area contributed by atoms with Crippen LogP contribution >= 0.6 is 0 Å². The van der Waals surface area contributed by atoms with Crippen molar-refractivity contribution in [2.45, 2.75) is 31.7 Å². The van der Waals surface area contributed by atoms with Gasteiger partial charge in [0.2, 0.25) is 0 Å². The lowest BCUT2D eigenvalue weighted by Gasteiger charge is -2.20. The molecule has 1 fully saturated rings. The number of hydrogen-bond acceptors (Lipinski definition) is 2. The maximum Gasteiger partial charge on any atom is 0.0765 e. The third-order valence-corrected chi connectivity index (χ3v) is 4.03. The first-order chi connectivity index (χ1) is 5.43. The highest BCUT2D eigenvalue weighted by Gasteiger charge is 2.13. The van der Waals surface area contributed by atoms with Gasteiger partial charge in [-0.3, -0.25) is 0 Å². The minimum Gasteiger partial charge on any atom is -0.377 e. The summed E-state index contributed by atoms with van der Waals surface area (Å²) in [7, 11) is -0.0310. The first-order valence-electron chi connectivity index (χ1n) is 4.61. The zero-order chi connectivity index (χ0) is 7.94. The molecule has 2 N–H and O–H groups in total. The average Bonchev–Trinajstić information content (AvgIpc) is 2.07. The molecule has 0 amide bonds. The van der Waals surface area contributed by atoms with Crippen molar-refractivity contribution in [3.8, 4) is 0 Å². The highest BCUT2D eigenvalue weighted by molar-refractivity contribution is 6.42. The molecule has 3 heteroatoms. The predicted molar refractivity (Wildman–Crippen MR) is 50.1 cm³/mol. The Bertz CT molecular complexity index is 94.1. The van der Waals surface area contributed by atoms with Gasteiger partial charge in [0.25, 0.3) is 0 Å². The van der Waals surface area contributed by atoms with Crippen LogP contribution in [0.15, 0.2) is 0 Å². The molecule has 0 aliphatic carbocycles. The van der Waals surface area contributed by atoms with Gasteiger partial charge in [0.15, 0.2) is 0 Å². The van der Waals surface area contributed by atoms with Crippen LogP contribution in [0.3, 0.4) is 0 Å². The van der Waals surface area contributed by atoms with Gasteiger partial charge in [-0.25, -0.2) is 0 Å². The molecule has 0 saturated carbocycles. The van der Waals surface area contributed by atoms with E-state index in [4.69, 9.17) is 10.5 Å². The van der Waals surface area contributed by atoms with Gasteiger partial charge in [-0.15, -0.1) is 0 Å². The summed E-state index contributed by atoms with van der Waals surface area (Å²) in [6.07, 6.45) is 5.05. The van der Waals surface area contributed by atoms with Gasteiger partial charge in [0.1, 0.15) is 0 Å². The van der Waals surface area contributed by atoms with Crippen molar-refractivity contribution in [3.05, 3.63) is 5.73 Å². The van der Waals surface area contributed by atoms with E-state index in [1.54, 1.807) is 0 Å². The molecular formula is C8H18NOSi. The molecule has 1 rings (SSSR count). The normalized spacial score (nSPS) is 21.5. The van der Waals surface area contributed by atoms with E-state index in [1.807, 2.05) is 0 Å². The minimum atomic E-state index is -0.0310. The fourth-order valence-corrected chi connectivity index (χ4v) is 3.10. The lowest BCUT2D eigenvalue weighted by molar-refractivity contribution is 0.134. The fraction of sp³-hybridized carbons (Fsp3) is 0.875. The molecule has 2 nitrogen and oxygen atoms in total. The summed E-state index contributed by atoms with van der Waals surface area (Å²) in [5.74, 6) is 0. The summed E-state index contributed by atoms with van der Waals surface area (Å²) in [6, 6.07) is 1.34. The number of hydrogen-bond donors (Lipinski definition) is 1. The molecule has 1 aliphatic heterocycles. The second-order valence-corrected chi connectivity index (χ2v) is 5.09. The van der Waals surface area contributed by atoms with Crippen LogP contribution in [0.1, 0.15) is 25.7 Å². The van der Waals surface area contributed by atoms with Crippen molar-refractivity contribution in [2.75, 3.05) is 13.2 Å². The van der Waals surface area contributed by atoms with E-state index in [9.17, 15) is 0 Å². The zero-order valence-corrected chi connectivity index (χ0v) is 8.56. The third kappa shape index (κ3) is 3.89. The number of ether oxygens (including phenoxy) is 1. The molecule has 65 valence electrons. The van der Waals surface area contributed by atoms with Crippen molar-refractivity contribution < 1.29 is 4.74 Å². The molecule has 0 unspecified atom stereocenters. The summed E-state index contributed by atoms with van der Waals surface area (Å²) >= 11 is 0. The van der Waals surface area contributed by atoms with E-state index in [2.05, 4.69) is 0 Å². The van der Waals surface area contributed by atoms with Gasteiger partial charge in [-0.1, -0.05) is 6.04 Å². The standard InChI is InChI=1S/C8H18NOSi/c9-5-3-7-11-8-4-1-2-6-10-8/h1-7,9,11H2. The Hall–Kier alpha value is 0.137. The Morgan fingerprint density at radius 1 is 1.45 bits per heavy atom. The number of rotatable bonds is 4. The Morgan fingerprint density at radius 2 is 2.36 bits per heavy atom. The van der Waals surface area contributed by atoms with Gasteiger partial charge in [-0.2, -0.15) is 0 Å². The van der Waals surface area contributed by atoms with Crippen LogP contribution in [0, 0.1) is 5.73 Å². The van der Waals surface area contributed by atoms with Crippen LogP contribution in [-0.2, 0) is 4.74 Å². The molecule has 0 aromatic heterocycles. The highest BCUT2D eigenvalue weighted by Crippen LogP contribution is 2.18. The predicted octanol–water partition coefficient (Wildman–Crippen LogP) is 0.612. The van der Waals surface area contributed by atoms with Crippen molar-refractivity contribution in [2.24, 2.45) is 5.73 Å². The molecule has 0 spiro atoms. The molecule has 0 aromatic carbocycles. The number of nitrogens with two attached hydrogens (primary N) is 1. The third-order valence-electron chi connectivity index (χ3n) is 2.07. The van der Waals surface area contributed by atoms with Crippen molar-refractivity contribution >= 4 is 9.52 Å². The van der Waals surface area contributed by atoms with Gasteiger partial charge >= 0.3 is 0 Å². The maximum atomic E-state index is 5.56. The summed E-state index contributed by atoms with van der Waals surface area (Å²) in [4.78, 5) is 0. The SMILES string of the molecule is NCCC[SiH2][C]1CCCCO1. The Morgan fingerprint density at radius 3 is 3.00 bits per heavy atom. The summed E-state index contributed by atoms with van der Waals surface area (Å²) in [6.45, 7) is 1.82. The Kier molecular flexibility index (Phi) is 4.82. The molecular weight excluding hydrogens is 154 g/mol. The molecule has 1 saturated heterocycles. The van der Waals surface area contributed by atoms with Crippen LogP contribution in [-0.4, -0.2) is 22.7 Å². The Labute approximate surface area is 71.3 Å². The zero-order valence-electron chi connectivity index (χ0n) is 7.14. The molecule has 0 aromatic rings. The maximum absolute atomic E-state index is 5.56. The van der Waals surface area contributed by atoms with Crippen molar-refractivity contribution in [1.82, 2.24) is 0 Å². The minimum absolute atomic E-state index is 0.0310. The molecule has 1 heterocycles. The van der Waals surface area contributed by atoms with Crippen LogP contribution in [0.2, 0.25) is 6.04 Å². The van der Waals surface area contributed by atoms with E-state index >= 15 is 0 Å². The van der Waals surface area contributed by atoms with E-state index in [-0.39, 0.29) is 9.52 Å². The van der Waals surface area contributed by atoms with E-state index in [0.29, 0.717) is 0 Å². The lowest BCUT2D eigenvalue weighted by Crippen LogP contribution is -2.17. The monoisotopic (exact) mass is 172 g/mol. The smallest absolute Gasteiger partial charge is 0.0765 e. The second kappa shape index (κ2) is 5.74. The molecule has 1 aliphatic rings. The van der Waals surface area contributed by atoms with E-state index in [0.717, 1.165) is 13.2 Å². The Balaban J connectivity index is 1.96. The average molecular weight is 172 g/mol. The summed E-state index contributed by atoms with van der Waals surface area (Å²) in [5.41, 5.74) is 6.87. The first kappa shape index (κ1) is 9.23.